The second-order valence-corrected chi connectivity index (χ2v) is 33.6. The number of carbonyl (C=O) groups is 1. The van der Waals surface area contributed by atoms with Crippen LogP contribution in [-0.2, 0) is 120 Å². The molecule has 10 N–H and O–H groups in total. The average Bonchev–Trinajstić information content (AvgIpc) is 0.880. The largest absolute Gasteiger partial charge is 0.756 e. The van der Waals surface area contributed by atoms with Crippen molar-refractivity contribution in [2.75, 3.05) is 139 Å². The molecule has 0 saturated carbocycles. The van der Waals surface area contributed by atoms with E-state index < -0.39 is 233 Å². The molecule has 4 heterocycles. The number of aliphatic hydroxyl groups is 9. The quantitative estimate of drug-likeness (QED) is 0.0282. The summed E-state index contributed by atoms with van der Waals surface area (Å²) in [5.74, 6) is -1.65. The van der Waals surface area contributed by atoms with E-state index in [1.165, 1.54) is 6.92 Å². The summed E-state index contributed by atoms with van der Waals surface area (Å²) in [5.41, 5.74) is -1.65. The lowest BCUT2D eigenvalue weighted by atomic mass is 9.92. The zero-order valence-corrected chi connectivity index (χ0v) is 65.7. The number of ether oxygens (including phenoxy) is 10. The molecule has 23 atom stereocenters. The fourth-order valence-corrected chi connectivity index (χ4v) is 15.1. The number of phosphoric ester groups is 5. The molecule has 4 fully saturated rings. The number of rotatable bonds is 61. The van der Waals surface area contributed by atoms with E-state index in [2.05, 4.69) is 9.84 Å². The van der Waals surface area contributed by atoms with Crippen LogP contribution in [0.25, 0.3) is 0 Å². The first-order valence-electron chi connectivity index (χ1n) is 36.0. The Morgan fingerprint density at radius 2 is 0.743 bits per heavy atom. The lowest BCUT2D eigenvalue weighted by molar-refractivity contribution is -0.282. The number of hydrogen-bond donors (Lipinski definition) is 10. The third kappa shape index (κ3) is 40.5. The number of unbranched alkanes of at least 4 members (excludes halogenated alkanes) is 9. The summed E-state index contributed by atoms with van der Waals surface area (Å²) in [7, 11) is -23.9. The molecule has 0 aliphatic carbocycles. The molecule has 109 heavy (non-hydrogen) atoms. The number of aliphatic hydroxyl groups excluding tert-OH is 9. The SMILES string of the molecule is C.C.COP(=O)([O-])OC1C[C@H](C)O[C@@H]1COP(=O)([O-])OCC(COCCCOP(=O)([O-])OCCCCCCO[C@@H]1OC(CO)[C@H](O)[C@H](O)C1C)(COCCCOP(=O)([O-])OCCCCCCO[C@@H]1OC(CO)[C@H](O)[C@H](O)C1C)COCCCOP(=O)([O-])OCCCCCCO[C@@H]1OC(CO)[C@H](O)[C@H](O)C1NC(C)=O. The van der Waals surface area contributed by atoms with Gasteiger partial charge in [-0.3, -0.25) is 27.6 Å². The molecule has 0 bridgehead atoms. The molecular formula is C63H123NO40P5-5. The van der Waals surface area contributed by atoms with E-state index in [1.54, 1.807) is 20.8 Å². The first-order chi connectivity index (χ1) is 50.6. The molecule has 46 heteroatoms. The third-order valence-corrected chi connectivity index (χ3v) is 22.3. The highest BCUT2D eigenvalue weighted by atomic mass is 31.2. The van der Waals surface area contributed by atoms with Gasteiger partial charge < -0.3 is 168 Å². The minimum Gasteiger partial charge on any atom is -0.756 e. The van der Waals surface area contributed by atoms with Gasteiger partial charge in [-0.15, -0.1) is 0 Å². The van der Waals surface area contributed by atoms with Gasteiger partial charge in [0.05, 0.1) is 122 Å². The molecule has 1 amide bonds. The molecule has 4 aliphatic rings. The number of carbonyl (C=O) groups excluding carboxylic acids is 1. The normalized spacial score (nSPS) is 30.7. The van der Waals surface area contributed by atoms with Crippen LogP contribution < -0.4 is 29.8 Å². The van der Waals surface area contributed by atoms with Crippen LogP contribution in [0.15, 0.2) is 0 Å². The molecule has 0 aromatic rings. The summed E-state index contributed by atoms with van der Waals surface area (Å²) >= 11 is 0. The van der Waals surface area contributed by atoms with Gasteiger partial charge in [-0.25, -0.2) is 0 Å². The van der Waals surface area contributed by atoms with Gasteiger partial charge >= 0.3 is 0 Å². The Morgan fingerprint density at radius 1 is 0.413 bits per heavy atom. The molecule has 0 aromatic heterocycles. The van der Waals surface area contributed by atoms with Crippen molar-refractivity contribution in [3.8, 4) is 0 Å². The number of phosphoric acid groups is 5. The summed E-state index contributed by atoms with van der Waals surface area (Å²) in [4.78, 5) is 75.6. The maximum atomic E-state index is 13.5. The fraction of sp³-hybridized carbons (Fsp3) is 0.984. The molecule has 0 spiro atoms. The van der Waals surface area contributed by atoms with Crippen molar-refractivity contribution in [3.05, 3.63) is 0 Å². The van der Waals surface area contributed by atoms with Gasteiger partial charge in [0.25, 0.3) is 39.1 Å². The van der Waals surface area contributed by atoms with E-state index in [4.69, 9.17) is 88.1 Å². The molecule has 41 nitrogen and oxygen atoms in total. The van der Waals surface area contributed by atoms with Crippen molar-refractivity contribution in [1.29, 1.82) is 0 Å². The van der Waals surface area contributed by atoms with Gasteiger partial charge in [-0.1, -0.05) is 67.2 Å². The lowest BCUT2D eigenvalue weighted by Crippen LogP contribution is -2.64. The Hall–Kier alpha value is -0.740. The predicted octanol–water partition coefficient (Wildman–Crippen LogP) is -0.0262. The number of amides is 1. The highest BCUT2D eigenvalue weighted by Gasteiger charge is 2.47. The third-order valence-electron chi connectivity index (χ3n) is 17.4. The predicted molar refractivity (Wildman–Crippen MR) is 371 cm³/mol. The first kappa shape index (κ1) is 104. The second kappa shape index (κ2) is 54.4. The summed E-state index contributed by atoms with van der Waals surface area (Å²) in [6.45, 7) is -0.858. The molecule has 0 radical (unpaired) electrons. The highest BCUT2D eigenvalue weighted by molar-refractivity contribution is 7.46. The summed E-state index contributed by atoms with van der Waals surface area (Å²) in [5, 5.41) is 92.4. The van der Waals surface area contributed by atoms with Crippen LogP contribution in [0.2, 0.25) is 0 Å². The van der Waals surface area contributed by atoms with E-state index >= 15 is 0 Å². The summed E-state index contributed by atoms with van der Waals surface area (Å²) in [6.07, 6.45) is -11.6. The van der Waals surface area contributed by atoms with Gasteiger partial charge in [0.15, 0.2) is 18.9 Å². The van der Waals surface area contributed by atoms with Crippen LogP contribution in [-0.4, -0.2) is 289 Å². The highest BCUT2D eigenvalue weighted by Crippen LogP contribution is 2.46. The molecule has 4 saturated heterocycles. The Labute approximate surface area is 638 Å². The van der Waals surface area contributed by atoms with Crippen molar-refractivity contribution in [1.82, 2.24) is 5.32 Å². The van der Waals surface area contributed by atoms with Gasteiger partial charge in [-0.2, -0.15) is 0 Å². The Bertz CT molecular complexity index is 2590. The van der Waals surface area contributed by atoms with Crippen LogP contribution in [0.4, 0.5) is 0 Å². The molecule has 0 aromatic carbocycles. The van der Waals surface area contributed by atoms with E-state index in [0.717, 1.165) is 7.11 Å². The smallest absolute Gasteiger partial charge is 0.267 e. The molecule has 4 aliphatic heterocycles. The van der Waals surface area contributed by atoms with Crippen LogP contribution >= 0.6 is 39.1 Å². The second-order valence-electron chi connectivity index (χ2n) is 26.5. The van der Waals surface area contributed by atoms with E-state index in [1.807, 2.05) is 0 Å². The van der Waals surface area contributed by atoms with Gasteiger partial charge in [0.1, 0.15) is 54.9 Å². The minimum absolute atomic E-state index is 0. The van der Waals surface area contributed by atoms with Crippen molar-refractivity contribution in [2.24, 2.45) is 17.3 Å². The zero-order valence-electron chi connectivity index (χ0n) is 61.3. The van der Waals surface area contributed by atoms with Crippen molar-refractivity contribution >= 4 is 45.0 Å². The van der Waals surface area contributed by atoms with Crippen LogP contribution in [0, 0.1) is 17.3 Å². The van der Waals surface area contributed by atoms with Crippen molar-refractivity contribution < 1.29 is 191 Å². The van der Waals surface area contributed by atoms with Gasteiger partial charge in [0, 0.05) is 71.9 Å². The van der Waals surface area contributed by atoms with Crippen LogP contribution in [0.5, 0.6) is 0 Å². The molecule has 12 unspecified atom stereocenters. The molecule has 650 valence electrons. The Kier molecular flexibility index (Phi) is 52.0. The topological polar surface area (TPSA) is 596 Å². The number of hydrogen-bond acceptors (Lipinski definition) is 40. The van der Waals surface area contributed by atoms with Gasteiger partial charge in [-0.05, 0) is 64.7 Å². The molecular weight excluding hydrogens is 1570 g/mol. The summed E-state index contributed by atoms with van der Waals surface area (Å²) in [6, 6.07) is -1.12. The Balaban J connectivity index is 0.0000202. The minimum atomic E-state index is -5.39. The monoisotopic (exact) mass is 1690 g/mol. The first-order valence-corrected chi connectivity index (χ1v) is 43.3. The Morgan fingerprint density at radius 3 is 1.10 bits per heavy atom. The standard InChI is InChI=1S/C61H120NO40P5.2CH4/c1-42-33-46(102-103(73,74)83-5)50(98-42)37-96-107(81,82)97-41-61(38-84-21-18-30-93-104(75,76)90-27-15-9-6-12-24-87-58-43(2)52(67)54(69)47(34-63)99-58,39-85-22-19-31-94-105(77,78)91-28-16-10-7-13-25-88-59-44(3)53(68)55(70)48(35-64)100-59)40-86-23-20-32-95-106(79,80)92-29-17-11-8-14-26-89-60-51(62-45(4)66)57(72)56(71)49(36-65)101-60;;/h42-44,46-60,63-65,67-72H,6-41H2,1-5H3,(H,62,66)(H,73,74)(H,75,76)(H,77,78)(H,79,80)(H,81,82);2*1H4/p-5/t42-,43?,44?,46?,47?,48?,49?,50+,51?,52+,53+,54-,55-,56-,57+,58+,59+,60+,61?;;/m0../s1. The van der Waals surface area contributed by atoms with Crippen LogP contribution in [0.1, 0.15) is 145 Å². The van der Waals surface area contributed by atoms with Gasteiger partial charge in [0.2, 0.25) is 5.91 Å². The fourth-order valence-electron chi connectivity index (χ4n) is 11.3. The maximum absolute atomic E-state index is 13.5. The van der Waals surface area contributed by atoms with Crippen molar-refractivity contribution in [2.45, 2.75) is 243 Å². The summed E-state index contributed by atoms with van der Waals surface area (Å²) < 4.78 is 171. The lowest BCUT2D eigenvalue weighted by Gasteiger charge is -2.42. The maximum Gasteiger partial charge on any atom is 0.267 e. The average molecular weight is 1690 g/mol. The van der Waals surface area contributed by atoms with Crippen molar-refractivity contribution in [3.63, 3.8) is 0 Å². The molecule has 4 rings (SSSR count). The van der Waals surface area contributed by atoms with E-state index in [0.29, 0.717) is 70.6 Å². The number of nitrogens with one attached hydrogen (secondary N) is 1. The van der Waals surface area contributed by atoms with E-state index in [9.17, 15) is 98.0 Å². The van der Waals surface area contributed by atoms with Crippen LogP contribution in [0.3, 0.4) is 0 Å². The zero-order chi connectivity index (χ0) is 79.3. The van der Waals surface area contributed by atoms with E-state index in [-0.39, 0.29) is 106 Å².